The van der Waals surface area contributed by atoms with Crippen molar-refractivity contribution in [3.8, 4) is 5.75 Å². The third-order valence-corrected chi connectivity index (χ3v) is 6.18. The molecule has 0 spiro atoms. The monoisotopic (exact) mass is 536 g/mol. The van der Waals surface area contributed by atoms with Gasteiger partial charge in [0, 0.05) is 23.5 Å². The normalized spacial score (nSPS) is 11.7. The molecule has 0 bridgehead atoms. The predicted octanol–water partition coefficient (Wildman–Crippen LogP) is 5.61. The summed E-state index contributed by atoms with van der Waals surface area (Å²) in [5.74, 6) is 0.243. The number of aryl methyl sites for hydroxylation is 2. The van der Waals surface area contributed by atoms with E-state index in [2.05, 4.69) is 21.2 Å². The molecule has 35 heavy (non-hydrogen) atoms. The Balaban J connectivity index is 1.91. The van der Waals surface area contributed by atoms with Crippen LogP contribution >= 0.6 is 15.9 Å². The van der Waals surface area contributed by atoms with Crippen LogP contribution in [0.5, 0.6) is 5.75 Å². The number of nitrogens with zero attached hydrogens (tertiary/aromatic N) is 1. The van der Waals surface area contributed by atoms with Crippen molar-refractivity contribution in [3.63, 3.8) is 0 Å². The predicted molar refractivity (Wildman–Crippen MR) is 143 cm³/mol. The van der Waals surface area contributed by atoms with Crippen molar-refractivity contribution in [2.45, 2.75) is 52.7 Å². The van der Waals surface area contributed by atoms with Crippen LogP contribution in [0.4, 0.5) is 0 Å². The minimum Gasteiger partial charge on any atom is -0.483 e. The van der Waals surface area contributed by atoms with Crippen molar-refractivity contribution in [2.24, 2.45) is 0 Å². The lowest BCUT2D eigenvalue weighted by Gasteiger charge is -2.32. The highest BCUT2D eigenvalue weighted by molar-refractivity contribution is 9.10. The standard InChI is InChI=1S/C29H33BrN2O3/c1-20(2)31-29(34)26(17-23-8-6-5-7-9-23)32(18-24-11-13-25(30)14-12-24)28(33)19-35-27-15-10-21(3)16-22(27)4/h5-16,20,26H,17-19H2,1-4H3,(H,31,34)/t26-/m1/s1. The molecule has 1 atom stereocenters. The van der Waals surface area contributed by atoms with Gasteiger partial charge in [0.05, 0.1) is 0 Å². The Morgan fingerprint density at radius 1 is 0.943 bits per heavy atom. The van der Waals surface area contributed by atoms with Crippen LogP contribution in [0.25, 0.3) is 0 Å². The molecule has 0 radical (unpaired) electrons. The molecule has 184 valence electrons. The number of carbonyl (C=O) groups excluding carboxylic acids is 2. The molecule has 0 unspecified atom stereocenters. The van der Waals surface area contributed by atoms with Gasteiger partial charge in [-0.15, -0.1) is 0 Å². The van der Waals surface area contributed by atoms with E-state index in [0.29, 0.717) is 18.7 Å². The quantitative estimate of drug-likeness (QED) is 0.366. The van der Waals surface area contributed by atoms with E-state index in [1.54, 1.807) is 4.90 Å². The zero-order valence-electron chi connectivity index (χ0n) is 20.8. The molecule has 0 aliphatic heterocycles. The van der Waals surface area contributed by atoms with Gasteiger partial charge in [-0.2, -0.15) is 0 Å². The van der Waals surface area contributed by atoms with Gasteiger partial charge in [0.1, 0.15) is 11.8 Å². The number of halogens is 1. The summed E-state index contributed by atoms with van der Waals surface area (Å²) in [5.41, 5.74) is 4.02. The number of amides is 2. The Morgan fingerprint density at radius 2 is 1.63 bits per heavy atom. The number of hydrogen-bond donors (Lipinski definition) is 1. The van der Waals surface area contributed by atoms with E-state index in [1.807, 2.05) is 100 Å². The second-order valence-electron chi connectivity index (χ2n) is 9.07. The molecule has 1 N–H and O–H groups in total. The van der Waals surface area contributed by atoms with Crippen molar-refractivity contribution in [3.05, 3.63) is 99.5 Å². The van der Waals surface area contributed by atoms with Gasteiger partial charge in [0.25, 0.3) is 5.91 Å². The molecule has 0 heterocycles. The molecule has 6 heteroatoms. The number of rotatable bonds is 10. The number of hydrogen-bond acceptors (Lipinski definition) is 3. The van der Waals surface area contributed by atoms with Crippen molar-refractivity contribution in [1.82, 2.24) is 10.2 Å². The fraction of sp³-hybridized carbons (Fsp3) is 0.310. The highest BCUT2D eigenvalue weighted by Gasteiger charge is 2.31. The van der Waals surface area contributed by atoms with Crippen LogP contribution < -0.4 is 10.1 Å². The van der Waals surface area contributed by atoms with Gasteiger partial charge >= 0.3 is 0 Å². The molecule has 2 amide bonds. The van der Waals surface area contributed by atoms with Crippen LogP contribution in [0, 0.1) is 13.8 Å². The van der Waals surface area contributed by atoms with Crippen LogP contribution in [0.2, 0.25) is 0 Å². The molecule has 0 fully saturated rings. The Kier molecular flexibility index (Phi) is 9.49. The molecule has 5 nitrogen and oxygen atoms in total. The smallest absolute Gasteiger partial charge is 0.261 e. The third kappa shape index (κ3) is 7.96. The van der Waals surface area contributed by atoms with Crippen LogP contribution in [0.15, 0.2) is 77.3 Å². The minimum atomic E-state index is -0.682. The summed E-state index contributed by atoms with van der Waals surface area (Å²) < 4.78 is 6.88. The number of benzene rings is 3. The fourth-order valence-corrected chi connectivity index (χ4v) is 4.17. The first-order valence-corrected chi connectivity index (χ1v) is 12.6. The van der Waals surface area contributed by atoms with E-state index < -0.39 is 6.04 Å². The van der Waals surface area contributed by atoms with Crippen LogP contribution in [-0.2, 0) is 22.6 Å². The first-order chi connectivity index (χ1) is 16.7. The summed E-state index contributed by atoms with van der Waals surface area (Å²) in [6, 6.07) is 22.7. The van der Waals surface area contributed by atoms with Crippen molar-refractivity contribution >= 4 is 27.7 Å². The van der Waals surface area contributed by atoms with Gasteiger partial charge in [0.2, 0.25) is 5.91 Å². The molecular formula is C29H33BrN2O3. The van der Waals surface area contributed by atoms with Crippen LogP contribution in [0.3, 0.4) is 0 Å². The maximum absolute atomic E-state index is 13.6. The summed E-state index contributed by atoms with van der Waals surface area (Å²) >= 11 is 3.46. The second-order valence-corrected chi connectivity index (χ2v) is 9.99. The van der Waals surface area contributed by atoms with E-state index in [9.17, 15) is 9.59 Å². The first-order valence-electron chi connectivity index (χ1n) is 11.8. The number of carbonyl (C=O) groups is 2. The molecule has 0 saturated heterocycles. The van der Waals surface area contributed by atoms with Crippen molar-refractivity contribution in [1.29, 1.82) is 0 Å². The van der Waals surface area contributed by atoms with Gasteiger partial charge in [-0.25, -0.2) is 0 Å². The summed E-state index contributed by atoms with van der Waals surface area (Å²) in [4.78, 5) is 28.6. The first kappa shape index (κ1) is 26.5. The lowest BCUT2D eigenvalue weighted by molar-refractivity contribution is -0.143. The molecule has 3 rings (SSSR count). The number of nitrogens with one attached hydrogen (secondary N) is 1. The zero-order chi connectivity index (χ0) is 25.4. The van der Waals surface area contributed by atoms with E-state index >= 15 is 0 Å². The third-order valence-electron chi connectivity index (χ3n) is 5.65. The van der Waals surface area contributed by atoms with Crippen LogP contribution in [0.1, 0.15) is 36.1 Å². The van der Waals surface area contributed by atoms with Gasteiger partial charge in [-0.3, -0.25) is 9.59 Å². The van der Waals surface area contributed by atoms with E-state index in [4.69, 9.17) is 4.74 Å². The SMILES string of the molecule is Cc1ccc(OCC(=O)N(Cc2ccc(Br)cc2)[C@H](Cc2ccccc2)C(=O)NC(C)C)c(C)c1. The highest BCUT2D eigenvalue weighted by atomic mass is 79.9. The molecule has 0 aromatic heterocycles. The average Bonchev–Trinajstić information content (AvgIpc) is 2.82. The Labute approximate surface area is 216 Å². The van der Waals surface area contributed by atoms with Gasteiger partial charge in [0.15, 0.2) is 6.61 Å². The molecule has 3 aromatic carbocycles. The molecule has 0 saturated carbocycles. The number of ether oxygens (including phenoxy) is 1. The highest BCUT2D eigenvalue weighted by Crippen LogP contribution is 2.21. The Morgan fingerprint density at radius 3 is 2.26 bits per heavy atom. The molecule has 0 aliphatic rings. The summed E-state index contributed by atoms with van der Waals surface area (Å²) in [5, 5.41) is 3.00. The van der Waals surface area contributed by atoms with Crippen molar-refractivity contribution < 1.29 is 14.3 Å². The zero-order valence-corrected chi connectivity index (χ0v) is 22.3. The van der Waals surface area contributed by atoms with E-state index in [-0.39, 0.29) is 24.5 Å². The summed E-state index contributed by atoms with van der Waals surface area (Å²) in [6.45, 7) is 7.96. The van der Waals surface area contributed by atoms with E-state index in [1.165, 1.54) is 0 Å². The van der Waals surface area contributed by atoms with Gasteiger partial charge in [-0.05, 0) is 62.6 Å². The molecular weight excluding hydrogens is 504 g/mol. The minimum absolute atomic E-state index is 0.0446. The Hall–Kier alpha value is -3.12. The van der Waals surface area contributed by atoms with Gasteiger partial charge in [-0.1, -0.05) is 76.1 Å². The molecule has 3 aromatic rings. The molecule has 0 aliphatic carbocycles. The second kappa shape index (κ2) is 12.5. The summed E-state index contributed by atoms with van der Waals surface area (Å²) in [6.07, 6.45) is 0.408. The topological polar surface area (TPSA) is 58.6 Å². The summed E-state index contributed by atoms with van der Waals surface area (Å²) in [7, 11) is 0. The average molecular weight is 537 g/mol. The maximum Gasteiger partial charge on any atom is 0.261 e. The van der Waals surface area contributed by atoms with Gasteiger partial charge < -0.3 is 15.0 Å². The maximum atomic E-state index is 13.6. The largest absolute Gasteiger partial charge is 0.483 e. The Bertz CT molecular complexity index is 1130. The van der Waals surface area contributed by atoms with Crippen LogP contribution in [-0.4, -0.2) is 35.4 Å². The van der Waals surface area contributed by atoms with Crippen molar-refractivity contribution in [2.75, 3.05) is 6.61 Å². The fourth-order valence-electron chi connectivity index (χ4n) is 3.90. The lowest BCUT2D eigenvalue weighted by atomic mass is 10.0. The lowest BCUT2D eigenvalue weighted by Crippen LogP contribution is -2.52. The van der Waals surface area contributed by atoms with E-state index in [0.717, 1.165) is 26.7 Å².